The molecule has 0 aliphatic heterocycles. The minimum atomic E-state index is -1.57. The zero-order valence-corrected chi connectivity index (χ0v) is 22.6. The number of allylic oxidation sites excluding steroid dienone is 8. The van der Waals surface area contributed by atoms with Gasteiger partial charge in [0.25, 0.3) is 0 Å². The SMILES string of the molecule is CC1=C(C)C([Si](C)(C)NCCN[Si](C)(C)C2C(C)=C(C)C(C)=C2C)C(C)=C1C. The monoisotopic (exact) mass is 416 g/mol. The van der Waals surface area contributed by atoms with Gasteiger partial charge >= 0.3 is 0 Å². The summed E-state index contributed by atoms with van der Waals surface area (Å²) in [7, 11) is -3.13. The van der Waals surface area contributed by atoms with Crippen LogP contribution in [0.15, 0.2) is 44.6 Å². The molecule has 0 unspecified atom stereocenters. The Bertz CT molecular complexity index is 664. The molecule has 0 aromatic carbocycles. The molecule has 0 radical (unpaired) electrons. The lowest BCUT2D eigenvalue weighted by Gasteiger charge is -2.36. The molecule has 0 atom stereocenters. The lowest BCUT2D eigenvalue weighted by atomic mass is 10.1. The van der Waals surface area contributed by atoms with Gasteiger partial charge in [0.15, 0.2) is 0 Å². The fraction of sp³-hybridized carbons (Fsp3) is 0.667. The summed E-state index contributed by atoms with van der Waals surface area (Å²) in [5.41, 5.74) is 13.8. The van der Waals surface area contributed by atoms with Crippen LogP contribution in [0.1, 0.15) is 55.4 Å². The van der Waals surface area contributed by atoms with Crippen molar-refractivity contribution < 1.29 is 0 Å². The van der Waals surface area contributed by atoms with Gasteiger partial charge in [-0.25, -0.2) is 0 Å². The molecule has 0 bridgehead atoms. The van der Waals surface area contributed by atoms with Crippen LogP contribution in [0.5, 0.6) is 0 Å². The van der Waals surface area contributed by atoms with Gasteiger partial charge < -0.3 is 9.96 Å². The van der Waals surface area contributed by atoms with E-state index in [-0.39, 0.29) is 0 Å². The maximum atomic E-state index is 4.01. The molecular formula is C24H44N2Si2. The van der Waals surface area contributed by atoms with Crippen LogP contribution in [-0.2, 0) is 0 Å². The predicted octanol–water partition coefficient (Wildman–Crippen LogP) is 6.69. The second-order valence-electron chi connectivity index (χ2n) is 10.4. The van der Waals surface area contributed by atoms with Crippen molar-refractivity contribution in [3.8, 4) is 0 Å². The predicted molar refractivity (Wildman–Crippen MR) is 132 cm³/mol. The lowest BCUT2D eigenvalue weighted by molar-refractivity contribution is 0.786. The molecule has 2 rings (SSSR count). The van der Waals surface area contributed by atoms with E-state index in [9.17, 15) is 0 Å². The van der Waals surface area contributed by atoms with E-state index in [1.165, 1.54) is 22.3 Å². The highest BCUT2D eigenvalue weighted by molar-refractivity contribution is 6.78. The Morgan fingerprint density at radius 3 is 0.929 bits per heavy atom. The highest BCUT2D eigenvalue weighted by Gasteiger charge is 2.40. The normalized spacial score (nSPS) is 20.6. The highest BCUT2D eigenvalue weighted by Crippen LogP contribution is 2.46. The number of hydrogen-bond acceptors (Lipinski definition) is 2. The van der Waals surface area contributed by atoms with Gasteiger partial charge in [0, 0.05) is 24.2 Å². The summed E-state index contributed by atoms with van der Waals surface area (Å²) in [6.45, 7) is 30.7. The van der Waals surface area contributed by atoms with Crippen LogP contribution >= 0.6 is 0 Å². The fourth-order valence-electron chi connectivity index (χ4n) is 5.84. The molecule has 158 valence electrons. The summed E-state index contributed by atoms with van der Waals surface area (Å²) in [6, 6.07) is 0. The Balaban J connectivity index is 1.99. The molecule has 2 nitrogen and oxygen atoms in total. The van der Waals surface area contributed by atoms with E-state index in [0.29, 0.717) is 11.1 Å². The molecule has 0 spiro atoms. The molecule has 0 amide bonds. The van der Waals surface area contributed by atoms with Crippen LogP contribution in [-0.4, -0.2) is 29.6 Å². The molecule has 28 heavy (non-hydrogen) atoms. The maximum Gasteiger partial charge on any atom is 0.130 e. The van der Waals surface area contributed by atoms with Gasteiger partial charge in [0.1, 0.15) is 16.5 Å². The Labute approximate surface area is 176 Å². The van der Waals surface area contributed by atoms with Crippen LogP contribution in [0, 0.1) is 0 Å². The molecule has 2 N–H and O–H groups in total. The van der Waals surface area contributed by atoms with Gasteiger partial charge in [-0.15, -0.1) is 0 Å². The summed E-state index contributed by atoms with van der Waals surface area (Å²) < 4.78 is 0. The summed E-state index contributed by atoms with van der Waals surface area (Å²) in [6.07, 6.45) is 0. The first-order valence-corrected chi connectivity index (χ1v) is 17.1. The largest absolute Gasteiger partial charge is 0.336 e. The zero-order chi connectivity index (χ0) is 21.6. The Morgan fingerprint density at radius 2 is 0.714 bits per heavy atom. The van der Waals surface area contributed by atoms with E-state index in [1.807, 2.05) is 0 Å². The Kier molecular flexibility index (Phi) is 6.92. The summed E-state index contributed by atoms with van der Waals surface area (Å²) >= 11 is 0. The first-order valence-electron chi connectivity index (χ1n) is 10.9. The van der Waals surface area contributed by atoms with Gasteiger partial charge in [-0.3, -0.25) is 0 Å². The lowest BCUT2D eigenvalue weighted by Crippen LogP contribution is -2.55. The molecule has 0 fully saturated rings. The van der Waals surface area contributed by atoms with Crippen LogP contribution < -0.4 is 9.96 Å². The van der Waals surface area contributed by atoms with Gasteiger partial charge in [0.2, 0.25) is 0 Å². The van der Waals surface area contributed by atoms with Crippen LogP contribution in [0.4, 0.5) is 0 Å². The molecule has 0 saturated heterocycles. The van der Waals surface area contributed by atoms with Crippen molar-refractivity contribution in [2.75, 3.05) is 13.1 Å². The maximum absolute atomic E-state index is 4.01. The first-order chi connectivity index (χ1) is 12.7. The summed E-state index contributed by atoms with van der Waals surface area (Å²) in [5, 5.41) is 0. The molecular weight excluding hydrogens is 372 g/mol. The van der Waals surface area contributed by atoms with E-state index < -0.39 is 16.5 Å². The third kappa shape index (κ3) is 4.11. The van der Waals surface area contributed by atoms with E-state index in [2.05, 4.69) is 91.5 Å². The van der Waals surface area contributed by atoms with E-state index in [1.54, 1.807) is 22.3 Å². The van der Waals surface area contributed by atoms with E-state index in [0.717, 1.165) is 13.1 Å². The van der Waals surface area contributed by atoms with Crippen LogP contribution in [0.2, 0.25) is 37.3 Å². The molecule has 2 aliphatic carbocycles. The average Bonchev–Trinajstić information content (AvgIpc) is 2.92. The minimum absolute atomic E-state index is 0.647. The van der Waals surface area contributed by atoms with Crippen molar-refractivity contribution in [3.05, 3.63) is 44.6 Å². The van der Waals surface area contributed by atoms with Gasteiger partial charge in [-0.1, -0.05) is 48.5 Å². The third-order valence-electron chi connectivity index (χ3n) is 7.95. The zero-order valence-electron chi connectivity index (χ0n) is 20.6. The topological polar surface area (TPSA) is 24.1 Å². The second kappa shape index (κ2) is 8.21. The summed E-state index contributed by atoms with van der Waals surface area (Å²) in [4.78, 5) is 8.02. The standard InChI is InChI=1S/C24H44N2Si2/c1-15-16(2)20(6)23(19(15)5)27(9,10)25-13-14-26-28(11,12)24-21(7)17(3)18(4)22(24)8/h23-26H,13-14H2,1-12H3. The molecule has 0 saturated carbocycles. The van der Waals surface area contributed by atoms with Crippen molar-refractivity contribution in [1.82, 2.24) is 9.96 Å². The van der Waals surface area contributed by atoms with E-state index >= 15 is 0 Å². The molecule has 4 heteroatoms. The number of nitrogens with one attached hydrogen (secondary N) is 2. The van der Waals surface area contributed by atoms with Crippen molar-refractivity contribution in [1.29, 1.82) is 0 Å². The van der Waals surface area contributed by atoms with Crippen molar-refractivity contribution in [3.63, 3.8) is 0 Å². The van der Waals surface area contributed by atoms with Crippen molar-refractivity contribution >= 4 is 16.5 Å². The second-order valence-corrected chi connectivity index (χ2v) is 19.1. The van der Waals surface area contributed by atoms with Crippen molar-refractivity contribution in [2.45, 2.75) is 92.7 Å². The smallest absolute Gasteiger partial charge is 0.130 e. The molecule has 2 aliphatic rings. The van der Waals surface area contributed by atoms with E-state index in [4.69, 9.17) is 0 Å². The average molecular weight is 417 g/mol. The number of hydrogen-bond donors (Lipinski definition) is 2. The summed E-state index contributed by atoms with van der Waals surface area (Å²) in [5.74, 6) is 0. The fourth-order valence-corrected chi connectivity index (χ4v) is 13.0. The minimum Gasteiger partial charge on any atom is -0.336 e. The first kappa shape index (κ1) is 23.6. The van der Waals surface area contributed by atoms with Gasteiger partial charge in [0.05, 0.1) is 0 Å². The molecule has 0 aromatic rings. The quantitative estimate of drug-likeness (QED) is 0.357. The van der Waals surface area contributed by atoms with Crippen LogP contribution in [0.3, 0.4) is 0 Å². The number of rotatable bonds is 7. The third-order valence-corrected chi connectivity index (χ3v) is 14.9. The van der Waals surface area contributed by atoms with Crippen molar-refractivity contribution in [2.24, 2.45) is 0 Å². The molecule has 0 heterocycles. The molecule has 0 aromatic heterocycles. The Morgan fingerprint density at radius 1 is 0.500 bits per heavy atom. The Hall–Kier alpha value is -0.686. The highest BCUT2D eigenvalue weighted by atomic mass is 28.3. The van der Waals surface area contributed by atoms with Crippen LogP contribution in [0.25, 0.3) is 0 Å². The van der Waals surface area contributed by atoms with Gasteiger partial charge in [-0.05, 0) is 77.7 Å². The van der Waals surface area contributed by atoms with Gasteiger partial charge in [-0.2, -0.15) is 0 Å².